The van der Waals surface area contributed by atoms with Crippen LogP contribution in [-0.4, -0.2) is 17.3 Å². The minimum atomic E-state index is -4.45. The summed E-state index contributed by atoms with van der Waals surface area (Å²) >= 11 is 0. The molecule has 0 saturated carbocycles. The molecule has 0 fully saturated rings. The van der Waals surface area contributed by atoms with Gasteiger partial charge in [-0.15, -0.1) is 0 Å². The molecule has 1 N–H and O–H groups in total. The van der Waals surface area contributed by atoms with E-state index in [1.54, 1.807) is 0 Å². The van der Waals surface area contributed by atoms with Crippen LogP contribution in [-0.2, 0) is 6.18 Å². The van der Waals surface area contributed by atoms with Crippen molar-refractivity contribution in [2.45, 2.75) is 6.18 Å². The number of H-pyrrole nitrogens is 1. The third-order valence-corrected chi connectivity index (χ3v) is 1.09. The number of aromatic nitrogens is 2. The molecule has 0 amide bonds. The second-order valence-electron chi connectivity index (χ2n) is 1.80. The molecule has 0 bridgehead atoms. The molecule has 1 aromatic rings. The second kappa shape index (κ2) is 2.44. The number of ether oxygens (including phenoxy) is 1. The van der Waals surface area contributed by atoms with Gasteiger partial charge in [0.15, 0.2) is 5.75 Å². The van der Waals surface area contributed by atoms with Crippen molar-refractivity contribution in [2.24, 2.45) is 0 Å². The average molecular weight is 166 g/mol. The highest BCUT2D eigenvalue weighted by Crippen LogP contribution is 2.33. The number of nitrogens with zero attached hydrogens (tertiary/aromatic N) is 1. The third kappa shape index (κ3) is 1.44. The largest absolute Gasteiger partial charge is 0.493 e. The molecule has 1 aromatic heterocycles. The lowest BCUT2D eigenvalue weighted by atomic mass is 10.4. The fourth-order valence-corrected chi connectivity index (χ4v) is 0.638. The van der Waals surface area contributed by atoms with Crippen molar-refractivity contribution in [3.8, 4) is 5.75 Å². The van der Waals surface area contributed by atoms with Crippen LogP contribution in [0.25, 0.3) is 0 Å². The van der Waals surface area contributed by atoms with Crippen LogP contribution in [0.3, 0.4) is 0 Å². The Hall–Kier alpha value is -1.20. The van der Waals surface area contributed by atoms with E-state index in [4.69, 9.17) is 0 Å². The van der Waals surface area contributed by atoms with E-state index in [2.05, 4.69) is 14.9 Å². The van der Waals surface area contributed by atoms with Crippen LogP contribution in [0.15, 0.2) is 6.20 Å². The van der Waals surface area contributed by atoms with Crippen LogP contribution < -0.4 is 4.74 Å². The average Bonchev–Trinajstić information content (AvgIpc) is 2.31. The first kappa shape index (κ1) is 7.90. The molecule has 0 radical (unpaired) electrons. The fourth-order valence-electron chi connectivity index (χ4n) is 0.638. The Morgan fingerprint density at radius 3 is 2.55 bits per heavy atom. The van der Waals surface area contributed by atoms with Crippen LogP contribution >= 0.6 is 0 Å². The van der Waals surface area contributed by atoms with Crippen LogP contribution in [0.1, 0.15) is 5.69 Å². The van der Waals surface area contributed by atoms with Gasteiger partial charge in [0.1, 0.15) is 0 Å². The summed E-state index contributed by atoms with van der Waals surface area (Å²) in [7, 11) is 1.15. The summed E-state index contributed by atoms with van der Waals surface area (Å²) in [5.41, 5.74) is -1.03. The number of alkyl halides is 3. The molecule has 0 aromatic carbocycles. The van der Waals surface area contributed by atoms with Crippen LogP contribution in [0.5, 0.6) is 5.75 Å². The fraction of sp³-hybridized carbons (Fsp3) is 0.400. The lowest BCUT2D eigenvalue weighted by Crippen LogP contribution is -2.07. The molecule has 62 valence electrons. The van der Waals surface area contributed by atoms with Gasteiger partial charge in [-0.25, -0.2) is 0 Å². The Morgan fingerprint density at radius 1 is 1.55 bits per heavy atom. The summed E-state index contributed by atoms with van der Waals surface area (Å²) < 4.78 is 40.1. The van der Waals surface area contributed by atoms with E-state index in [9.17, 15) is 13.2 Å². The zero-order valence-electron chi connectivity index (χ0n) is 5.57. The highest BCUT2D eigenvalue weighted by molar-refractivity contribution is 5.25. The molecule has 0 saturated heterocycles. The first-order valence-corrected chi connectivity index (χ1v) is 2.70. The zero-order valence-corrected chi connectivity index (χ0v) is 5.57. The summed E-state index contributed by atoms with van der Waals surface area (Å²) in [6.45, 7) is 0. The maximum atomic E-state index is 11.9. The first-order chi connectivity index (χ1) is 5.05. The van der Waals surface area contributed by atoms with Crippen LogP contribution in [0, 0.1) is 0 Å². The molecule has 0 aliphatic carbocycles. The molecule has 6 heteroatoms. The first-order valence-electron chi connectivity index (χ1n) is 2.70. The number of hydrogen-bond acceptors (Lipinski definition) is 2. The highest BCUT2D eigenvalue weighted by atomic mass is 19.4. The van der Waals surface area contributed by atoms with Gasteiger partial charge in [0, 0.05) is 0 Å². The van der Waals surface area contributed by atoms with Crippen molar-refractivity contribution in [2.75, 3.05) is 7.11 Å². The Labute approximate surface area is 60.2 Å². The van der Waals surface area contributed by atoms with Gasteiger partial charge in [-0.2, -0.15) is 18.3 Å². The van der Waals surface area contributed by atoms with E-state index >= 15 is 0 Å². The topological polar surface area (TPSA) is 37.9 Å². The van der Waals surface area contributed by atoms with Crippen molar-refractivity contribution >= 4 is 0 Å². The van der Waals surface area contributed by atoms with Crippen molar-refractivity contribution in [3.63, 3.8) is 0 Å². The van der Waals surface area contributed by atoms with Gasteiger partial charge in [0.25, 0.3) is 0 Å². The van der Waals surface area contributed by atoms with E-state index in [0.717, 1.165) is 13.3 Å². The Morgan fingerprint density at radius 2 is 2.18 bits per heavy atom. The lowest BCUT2D eigenvalue weighted by molar-refractivity contribution is -0.142. The summed E-state index contributed by atoms with van der Waals surface area (Å²) in [4.78, 5) is 0. The Balaban J connectivity index is 3.02. The van der Waals surface area contributed by atoms with Gasteiger partial charge in [-0.05, 0) is 0 Å². The second-order valence-corrected chi connectivity index (χ2v) is 1.80. The number of hydrogen-bond donors (Lipinski definition) is 1. The quantitative estimate of drug-likeness (QED) is 0.685. The Bertz CT molecular complexity index is 242. The summed E-state index contributed by atoms with van der Waals surface area (Å²) in [5, 5.41) is 5.04. The number of methoxy groups -OCH3 is 1. The molecular weight excluding hydrogens is 161 g/mol. The SMILES string of the molecule is COc1c[nH]nc1C(F)(F)F. The monoisotopic (exact) mass is 166 g/mol. The minimum Gasteiger partial charge on any atom is -0.493 e. The standard InChI is InChI=1S/C5H5F3N2O/c1-11-3-2-9-10-4(3)5(6,7)8/h2H,1H3,(H,9,10). The normalized spacial score (nSPS) is 11.6. The van der Waals surface area contributed by atoms with Gasteiger partial charge >= 0.3 is 6.18 Å². The number of aromatic amines is 1. The van der Waals surface area contributed by atoms with E-state index in [1.165, 1.54) is 0 Å². The maximum absolute atomic E-state index is 11.9. The van der Waals surface area contributed by atoms with Crippen molar-refractivity contribution in [3.05, 3.63) is 11.9 Å². The predicted molar refractivity (Wildman–Crippen MR) is 30.1 cm³/mol. The summed E-state index contributed by atoms with van der Waals surface area (Å²) in [5.74, 6) is -0.294. The molecule has 0 aliphatic heterocycles. The molecule has 1 heterocycles. The number of halogens is 3. The van der Waals surface area contributed by atoms with E-state index in [0.29, 0.717) is 0 Å². The van der Waals surface area contributed by atoms with E-state index < -0.39 is 11.9 Å². The van der Waals surface area contributed by atoms with Gasteiger partial charge in [-0.1, -0.05) is 0 Å². The number of nitrogens with one attached hydrogen (secondary N) is 1. The molecule has 0 unspecified atom stereocenters. The van der Waals surface area contributed by atoms with Crippen molar-refractivity contribution < 1.29 is 17.9 Å². The molecule has 0 spiro atoms. The van der Waals surface area contributed by atoms with Crippen molar-refractivity contribution in [1.82, 2.24) is 10.2 Å². The van der Waals surface area contributed by atoms with E-state index in [-0.39, 0.29) is 5.75 Å². The zero-order chi connectivity index (χ0) is 8.48. The molecule has 0 atom stereocenters. The summed E-state index contributed by atoms with van der Waals surface area (Å²) in [6, 6.07) is 0. The van der Waals surface area contributed by atoms with Gasteiger partial charge in [0.05, 0.1) is 13.3 Å². The lowest BCUT2D eigenvalue weighted by Gasteiger charge is -2.03. The van der Waals surface area contributed by atoms with Crippen LogP contribution in [0.2, 0.25) is 0 Å². The van der Waals surface area contributed by atoms with Crippen LogP contribution in [0.4, 0.5) is 13.2 Å². The third-order valence-electron chi connectivity index (χ3n) is 1.09. The van der Waals surface area contributed by atoms with E-state index in [1.807, 2.05) is 0 Å². The number of rotatable bonds is 1. The molecule has 1 rings (SSSR count). The maximum Gasteiger partial charge on any atom is 0.438 e. The summed E-state index contributed by atoms with van der Waals surface area (Å²) in [6.07, 6.45) is -3.41. The van der Waals surface area contributed by atoms with Crippen molar-refractivity contribution in [1.29, 1.82) is 0 Å². The smallest absolute Gasteiger partial charge is 0.438 e. The minimum absolute atomic E-state index is 0.294. The highest BCUT2D eigenvalue weighted by Gasteiger charge is 2.37. The Kier molecular flexibility index (Phi) is 1.76. The predicted octanol–water partition coefficient (Wildman–Crippen LogP) is 1.44. The van der Waals surface area contributed by atoms with Gasteiger partial charge in [-0.3, -0.25) is 5.10 Å². The molecule has 0 aliphatic rings. The molecule has 3 nitrogen and oxygen atoms in total. The molecular formula is C5H5F3N2O. The van der Waals surface area contributed by atoms with Gasteiger partial charge in [0.2, 0.25) is 5.69 Å². The van der Waals surface area contributed by atoms with Gasteiger partial charge < -0.3 is 4.74 Å². The molecule has 11 heavy (non-hydrogen) atoms.